The van der Waals surface area contributed by atoms with Crippen LogP contribution in [0.4, 0.5) is 0 Å². The summed E-state index contributed by atoms with van der Waals surface area (Å²) in [6.07, 6.45) is 7.56. The van der Waals surface area contributed by atoms with Crippen LogP contribution in [0.5, 0.6) is 0 Å². The average molecular weight is 283 g/mol. The molecule has 4 nitrogen and oxygen atoms in total. The van der Waals surface area contributed by atoms with Crippen LogP contribution in [-0.4, -0.2) is 35.5 Å². The summed E-state index contributed by atoms with van der Waals surface area (Å²) in [6, 6.07) is 0.351. The highest BCUT2D eigenvalue weighted by molar-refractivity contribution is 5.81. The van der Waals surface area contributed by atoms with Crippen LogP contribution in [0.25, 0.3) is 0 Å². The van der Waals surface area contributed by atoms with E-state index in [0.717, 1.165) is 12.8 Å². The van der Waals surface area contributed by atoms with Gasteiger partial charge in [0.25, 0.3) is 0 Å². The second-order valence-electron chi connectivity index (χ2n) is 6.74. The summed E-state index contributed by atoms with van der Waals surface area (Å²) in [7, 11) is 1.87. The molecule has 1 rings (SSSR count). The average Bonchev–Trinajstić information content (AvgIpc) is 2.61. The Morgan fingerprint density at radius 3 is 2.10 bits per heavy atom. The number of hydrogen-bond acceptors (Lipinski definition) is 3. The number of amides is 1. The summed E-state index contributed by atoms with van der Waals surface area (Å²) in [6.45, 7) is 5.51. The molecular formula is C16H29NO3. The van der Waals surface area contributed by atoms with Gasteiger partial charge in [0, 0.05) is 19.5 Å². The number of carbonyl (C=O) groups excluding carboxylic acids is 2. The number of ether oxygens (including phenoxy) is 1. The van der Waals surface area contributed by atoms with E-state index in [9.17, 15) is 9.59 Å². The first-order valence-corrected chi connectivity index (χ1v) is 7.77. The Kier molecular flexibility index (Phi) is 6.50. The summed E-state index contributed by atoms with van der Waals surface area (Å²) in [5, 5.41) is 0. The molecule has 0 aromatic carbocycles. The fourth-order valence-corrected chi connectivity index (χ4v) is 2.63. The van der Waals surface area contributed by atoms with Crippen molar-refractivity contribution in [3.63, 3.8) is 0 Å². The lowest BCUT2D eigenvalue weighted by Gasteiger charge is -2.27. The first-order valence-electron chi connectivity index (χ1n) is 7.77. The lowest BCUT2D eigenvalue weighted by Crippen LogP contribution is -2.37. The van der Waals surface area contributed by atoms with Gasteiger partial charge in [-0.15, -0.1) is 0 Å². The molecule has 0 N–H and O–H groups in total. The maximum absolute atomic E-state index is 12.1. The third-order valence-corrected chi connectivity index (χ3v) is 3.73. The van der Waals surface area contributed by atoms with E-state index in [-0.39, 0.29) is 24.7 Å². The minimum atomic E-state index is -0.479. The van der Waals surface area contributed by atoms with Gasteiger partial charge in [-0.1, -0.05) is 25.7 Å². The van der Waals surface area contributed by atoms with Crippen molar-refractivity contribution in [2.24, 2.45) is 0 Å². The molecule has 0 unspecified atom stereocenters. The molecule has 4 heteroatoms. The Hall–Kier alpha value is -1.06. The van der Waals surface area contributed by atoms with E-state index >= 15 is 0 Å². The molecule has 0 saturated heterocycles. The predicted molar refractivity (Wildman–Crippen MR) is 79.3 cm³/mol. The zero-order valence-corrected chi connectivity index (χ0v) is 13.4. The molecule has 116 valence electrons. The minimum Gasteiger partial charge on any atom is -0.460 e. The summed E-state index contributed by atoms with van der Waals surface area (Å²) < 4.78 is 5.22. The third kappa shape index (κ3) is 6.40. The van der Waals surface area contributed by atoms with Crippen LogP contribution in [0.3, 0.4) is 0 Å². The monoisotopic (exact) mass is 283 g/mol. The number of nitrogens with zero attached hydrogens (tertiary/aromatic N) is 1. The summed E-state index contributed by atoms with van der Waals surface area (Å²) in [5.74, 6) is -0.233. The molecule has 0 bridgehead atoms. The van der Waals surface area contributed by atoms with Gasteiger partial charge in [0.2, 0.25) is 5.91 Å². The molecule has 0 aromatic rings. The quantitative estimate of drug-likeness (QED) is 0.587. The van der Waals surface area contributed by atoms with Gasteiger partial charge >= 0.3 is 5.97 Å². The van der Waals surface area contributed by atoms with Crippen LogP contribution in [0.15, 0.2) is 0 Å². The van der Waals surface area contributed by atoms with Gasteiger partial charge in [0.1, 0.15) is 5.60 Å². The molecule has 0 atom stereocenters. The highest BCUT2D eigenvalue weighted by atomic mass is 16.6. The van der Waals surface area contributed by atoms with E-state index in [4.69, 9.17) is 4.74 Å². The van der Waals surface area contributed by atoms with Crippen molar-refractivity contribution in [2.45, 2.75) is 83.8 Å². The summed E-state index contributed by atoms with van der Waals surface area (Å²) >= 11 is 0. The molecule has 20 heavy (non-hydrogen) atoms. The largest absolute Gasteiger partial charge is 0.460 e. The van der Waals surface area contributed by atoms with Gasteiger partial charge < -0.3 is 9.64 Å². The molecule has 0 aliphatic heterocycles. The smallest absolute Gasteiger partial charge is 0.306 e. The SMILES string of the molecule is CN(C(=O)CCC(=O)OC(C)(C)C)C1CCCCCC1. The first kappa shape index (κ1) is 17.0. The highest BCUT2D eigenvalue weighted by Gasteiger charge is 2.22. The van der Waals surface area contributed by atoms with E-state index in [0.29, 0.717) is 6.04 Å². The van der Waals surface area contributed by atoms with Gasteiger partial charge in [-0.2, -0.15) is 0 Å². The molecule has 1 amide bonds. The van der Waals surface area contributed by atoms with Crippen LogP contribution >= 0.6 is 0 Å². The summed E-state index contributed by atoms with van der Waals surface area (Å²) in [4.78, 5) is 25.6. The second kappa shape index (κ2) is 7.65. The van der Waals surface area contributed by atoms with Crippen molar-refractivity contribution < 1.29 is 14.3 Å². The van der Waals surface area contributed by atoms with Crippen molar-refractivity contribution >= 4 is 11.9 Å². The topological polar surface area (TPSA) is 46.6 Å². The van der Waals surface area contributed by atoms with Gasteiger partial charge in [-0.05, 0) is 33.6 Å². The summed E-state index contributed by atoms with van der Waals surface area (Å²) in [5.41, 5.74) is -0.479. The predicted octanol–water partition coefficient (Wildman–Crippen LogP) is 3.29. The number of rotatable bonds is 4. The Morgan fingerprint density at radius 1 is 1.05 bits per heavy atom. The Bertz CT molecular complexity index is 325. The number of esters is 1. The van der Waals surface area contributed by atoms with Gasteiger partial charge in [0.05, 0.1) is 6.42 Å². The number of hydrogen-bond donors (Lipinski definition) is 0. The van der Waals surface area contributed by atoms with Crippen LogP contribution in [0.1, 0.15) is 72.1 Å². The van der Waals surface area contributed by atoms with Crippen LogP contribution in [0.2, 0.25) is 0 Å². The minimum absolute atomic E-state index is 0.0581. The Balaban J connectivity index is 2.35. The van der Waals surface area contributed by atoms with Crippen molar-refractivity contribution in [1.82, 2.24) is 4.90 Å². The molecule has 0 aromatic heterocycles. The normalized spacial score (nSPS) is 17.4. The van der Waals surface area contributed by atoms with Crippen LogP contribution in [-0.2, 0) is 14.3 Å². The van der Waals surface area contributed by atoms with E-state index in [1.807, 2.05) is 32.7 Å². The first-order chi connectivity index (χ1) is 9.29. The van der Waals surface area contributed by atoms with E-state index in [1.54, 1.807) is 0 Å². The highest BCUT2D eigenvalue weighted by Crippen LogP contribution is 2.21. The van der Waals surface area contributed by atoms with Gasteiger partial charge in [-0.25, -0.2) is 0 Å². The van der Waals surface area contributed by atoms with E-state index < -0.39 is 5.60 Å². The van der Waals surface area contributed by atoms with Gasteiger partial charge in [-0.3, -0.25) is 9.59 Å². The molecular weight excluding hydrogens is 254 g/mol. The van der Waals surface area contributed by atoms with Crippen LogP contribution < -0.4 is 0 Å². The molecule has 1 aliphatic carbocycles. The zero-order valence-electron chi connectivity index (χ0n) is 13.4. The number of carbonyl (C=O) groups is 2. The second-order valence-corrected chi connectivity index (χ2v) is 6.74. The Labute approximate surface area is 122 Å². The maximum atomic E-state index is 12.1. The lowest BCUT2D eigenvalue weighted by atomic mass is 10.1. The third-order valence-electron chi connectivity index (χ3n) is 3.73. The van der Waals surface area contributed by atoms with Gasteiger partial charge in [0.15, 0.2) is 0 Å². The maximum Gasteiger partial charge on any atom is 0.306 e. The molecule has 0 spiro atoms. The molecule has 0 radical (unpaired) electrons. The Morgan fingerprint density at radius 2 is 1.60 bits per heavy atom. The molecule has 1 saturated carbocycles. The van der Waals surface area contributed by atoms with Crippen molar-refractivity contribution in [2.75, 3.05) is 7.05 Å². The molecule has 0 heterocycles. The van der Waals surface area contributed by atoms with E-state index in [1.165, 1.54) is 25.7 Å². The van der Waals surface area contributed by atoms with Crippen molar-refractivity contribution in [3.05, 3.63) is 0 Å². The fourth-order valence-electron chi connectivity index (χ4n) is 2.63. The lowest BCUT2D eigenvalue weighted by molar-refractivity contribution is -0.156. The molecule has 1 fully saturated rings. The van der Waals surface area contributed by atoms with E-state index in [2.05, 4.69) is 0 Å². The van der Waals surface area contributed by atoms with Crippen LogP contribution in [0, 0.1) is 0 Å². The molecule has 1 aliphatic rings. The zero-order chi connectivity index (χ0) is 15.2. The standard InChI is InChI=1S/C16H29NO3/c1-16(2,3)20-15(19)12-11-14(18)17(4)13-9-7-5-6-8-10-13/h13H,5-12H2,1-4H3. The fraction of sp³-hybridized carbons (Fsp3) is 0.875. The van der Waals surface area contributed by atoms with Crippen molar-refractivity contribution in [3.8, 4) is 0 Å². The van der Waals surface area contributed by atoms with Crippen molar-refractivity contribution in [1.29, 1.82) is 0 Å².